The third-order valence-corrected chi connectivity index (χ3v) is 3.35. The molecule has 1 heterocycles. The average molecular weight is 213 g/mol. The van der Waals surface area contributed by atoms with Gasteiger partial charge < -0.3 is 11.5 Å². The second-order valence-corrected chi connectivity index (χ2v) is 4.40. The Morgan fingerprint density at radius 1 is 1.25 bits per heavy atom. The van der Waals surface area contributed by atoms with Crippen LogP contribution in [0.5, 0.6) is 0 Å². The number of nitrogen functional groups attached to an aromatic ring is 1. The van der Waals surface area contributed by atoms with E-state index in [0.29, 0.717) is 0 Å². The molecule has 16 heavy (non-hydrogen) atoms. The molecular formula is C13H15N3. The molecule has 3 rings (SSSR count). The minimum atomic E-state index is 0.0563. The monoisotopic (exact) mass is 213 g/mol. The van der Waals surface area contributed by atoms with Crippen molar-refractivity contribution in [3.8, 4) is 0 Å². The van der Waals surface area contributed by atoms with Gasteiger partial charge in [-0.25, -0.2) is 0 Å². The van der Waals surface area contributed by atoms with Crippen molar-refractivity contribution < 1.29 is 0 Å². The van der Waals surface area contributed by atoms with E-state index < -0.39 is 0 Å². The minimum absolute atomic E-state index is 0.0563. The van der Waals surface area contributed by atoms with Gasteiger partial charge in [0.15, 0.2) is 0 Å². The first-order valence-electron chi connectivity index (χ1n) is 5.70. The lowest BCUT2D eigenvalue weighted by molar-refractivity contribution is 0.564. The molecule has 1 aromatic carbocycles. The number of hydrogen-bond acceptors (Lipinski definition) is 3. The summed E-state index contributed by atoms with van der Waals surface area (Å²) in [6.07, 6.45) is 3.12. The molecule has 1 aliphatic carbocycles. The highest BCUT2D eigenvalue weighted by Crippen LogP contribution is 2.35. The van der Waals surface area contributed by atoms with Crippen LogP contribution >= 0.6 is 0 Å². The maximum Gasteiger partial charge on any atom is 0.0726 e. The van der Waals surface area contributed by atoms with E-state index in [9.17, 15) is 0 Å². The number of benzene rings is 1. The first-order valence-corrected chi connectivity index (χ1v) is 5.70. The maximum absolute atomic E-state index is 6.21. The molecule has 0 bridgehead atoms. The number of aromatic nitrogens is 1. The van der Waals surface area contributed by atoms with Crippen molar-refractivity contribution in [2.45, 2.75) is 25.3 Å². The van der Waals surface area contributed by atoms with Crippen LogP contribution in [0.3, 0.4) is 0 Å². The fourth-order valence-corrected chi connectivity index (χ4v) is 2.54. The lowest BCUT2D eigenvalue weighted by Crippen LogP contribution is -2.20. The highest BCUT2D eigenvalue weighted by Gasteiger charge is 2.22. The maximum atomic E-state index is 6.21. The summed E-state index contributed by atoms with van der Waals surface area (Å²) in [4.78, 5) is 4.67. The van der Waals surface area contributed by atoms with E-state index in [2.05, 4.69) is 4.98 Å². The molecule has 1 aliphatic rings. The van der Waals surface area contributed by atoms with Crippen molar-refractivity contribution in [1.29, 1.82) is 0 Å². The van der Waals surface area contributed by atoms with Crippen LogP contribution in [0.25, 0.3) is 10.9 Å². The molecule has 1 atom stereocenters. The summed E-state index contributed by atoms with van der Waals surface area (Å²) < 4.78 is 0. The van der Waals surface area contributed by atoms with Gasteiger partial charge in [-0.15, -0.1) is 0 Å². The van der Waals surface area contributed by atoms with Gasteiger partial charge in [0, 0.05) is 28.4 Å². The van der Waals surface area contributed by atoms with Crippen LogP contribution in [0.2, 0.25) is 0 Å². The topological polar surface area (TPSA) is 64.9 Å². The third kappa shape index (κ3) is 1.28. The van der Waals surface area contributed by atoms with Gasteiger partial charge >= 0.3 is 0 Å². The number of fused-ring (bicyclic) bond motifs is 2. The smallest absolute Gasteiger partial charge is 0.0726 e. The van der Waals surface area contributed by atoms with Crippen molar-refractivity contribution in [1.82, 2.24) is 4.98 Å². The zero-order chi connectivity index (χ0) is 11.1. The molecule has 1 unspecified atom stereocenters. The molecule has 0 amide bonds. The van der Waals surface area contributed by atoms with Crippen LogP contribution in [-0.2, 0) is 6.42 Å². The quantitative estimate of drug-likeness (QED) is 0.704. The molecule has 82 valence electrons. The molecule has 0 fully saturated rings. The van der Waals surface area contributed by atoms with E-state index in [-0.39, 0.29) is 6.04 Å². The van der Waals surface area contributed by atoms with Crippen molar-refractivity contribution >= 4 is 16.6 Å². The van der Waals surface area contributed by atoms with Gasteiger partial charge in [-0.2, -0.15) is 0 Å². The fourth-order valence-electron chi connectivity index (χ4n) is 2.54. The van der Waals surface area contributed by atoms with Crippen LogP contribution in [0.15, 0.2) is 24.3 Å². The summed E-state index contributed by atoms with van der Waals surface area (Å²) >= 11 is 0. The highest BCUT2D eigenvalue weighted by atomic mass is 14.8. The second-order valence-electron chi connectivity index (χ2n) is 4.40. The molecule has 2 aromatic rings. The van der Waals surface area contributed by atoms with Crippen LogP contribution in [0, 0.1) is 0 Å². The molecule has 0 saturated carbocycles. The third-order valence-electron chi connectivity index (χ3n) is 3.35. The van der Waals surface area contributed by atoms with Crippen LogP contribution in [0.4, 0.5) is 5.69 Å². The normalized spacial score (nSPS) is 19.7. The number of nitrogens with zero attached hydrogens (tertiary/aromatic N) is 1. The fraction of sp³-hybridized carbons (Fsp3) is 0.308. The minimum Gasteiger partial charge on any atom is -0.398 e. The lowest BCUT2D eigenvalue weighted by Gasteiger charge is -2.24. The Kier molecular flexibility index (Phi) is 2.07. The zero-order valence-electron chi connectivity index (χ0n) is 9.11. The Bertz CT molecular complexity index is 548. The summed E-state index contributed by atoms with van der Waals surface area (Å²) in [6, 6.07) is 8.05. The van der Waals surface area contributed by atoms with Crippen molar-refractivity contribution in [2.75, 3.05) is 5.73 Å². The van der Waals surface area contributed by atoms with Crippen LogP contribution in [-0.4, -0.2) is 4.98 Å². The largest absolute Gasteiger partial charge is 0.398 e. The molecular weight excluding hydrogens is 198 g/mol. The lowest BCUT2D eigenvalue weighted by atomic mass is 9.89. The second kappa shape index (κ2) is 3.46. The van der Waals surface area contributed by atoms with Crippen LogP contribution < -0.4 is 11.5 Å². The number of pyridine rings is 1. The molecule has 0 spiro atoms. The predicted molar refractivity (Wildman–Crippen MR) is 66.0 cm³/mol. The number of hydrogen-bond donors (Lipinski definition) is 2. The predicted octanol–water partition coefficient (Wildman–Crippen LogP) is 2.15. The molecule has 3 nitrogen and oxygen atoms in total. The molecule has 0 saturated heterocycles. The van der Waals surface area contributed by atoms with Crippen LogP contribution in [0.1, 0.15) is 30.1 Å². The summed E-state index contributed by atoms with van der Waals surface area (Å²) in [5.74, 6) is 0. The zero-order valence-corrected chi connectivity index (χ0v) is 9.11. The number of para-hydroxylation sites is 1. The molecule has 0 radical (unpaired) electrons. The van der Waals surface area contributed by atoms with Crippen molar-refractivity contribution in [3.05, 3.63) is 35.5 Å². The standard InChI is InChI=1S/C13H15N3/c14-9-5-3-7-11-12(9)13(15)8-4-1-2-6-10(8)16-11/h1-2,4,6,9H,3,5,7,14H2,(H2,15,16). The first kappa shape index (κ1) is 9.60. The molecule has 0 aliphatic heterocycles. The van der Waals surface area contributed by atoms with E-state index in [1.807, 2.05) is 24.3 Å². The Balaban J connectivity index is 2.36. The van der Waals surface area contributed by atoms with E-state index in [1.165, 1.54) is 0 Å². The van der Waals surface area contributed by atoms with Crippen molar-refractivity contribution in [2.24, 2.45) is 5.73 Å². The van der Waals surface area contributed by atoms with E-state index >= 15 is 0 Å². The summed E-state index contributed by atoms with van der Waals surface area (Å²) in [7, 11) is 0. The molecule has 1 aromatic heterocycles. The molecule has 3 heteroatoms. The summed E-state index contributed by atoms with van der Waals surface area (Å²) in [5, 5.41) is 1.03. The van der Waals surface area contributed by atoms with E-state index in [4.69, 9.17) is 11.5 Å². The van der Waals surface area contributed by atoms with Gasteiger partial charge in [-0.05, 0) is 25.3 Å². The number of rotatable bonds is 0. The Morgan fingerprint density at radius 2 is 2.06 bits per heavy atom. The highest BCUT2D eigenvalue weighted by molar-refractivity contribution is 5.92. The van der Waals surface area contributed by atoms with Crippen molar-refractivity contribution in [3.63, 3.8) is 0 Å². The number of nitrogens with two attached hydrogens (primary N) is 2. The Labute approximate surface area is 94.5 Å². The Morgan fingerprint density at radius 3 is 2.94 bits per heavy atom. The van der Waals surface area contributed by atoms with E-state index in [0.717, 1.165) is 47.1 Å². The van der Waals surface area contributed by atoms with Gasteiger partial charge in [-0.3, -0.25) is 4.98 Å². The molecule has 4 N–H and O–H groups in total. The van der Waals surface area contributed by atoms with Gasteiger partial charge in [-0.1, -0.05) is 18.2 Å². The van der Waals surface area contributed by atoms with Gasteiger partial charge in [0.25, 0.3) is 0 Å². The first-order chi connectivity index (χ1) is 7.77. The van der Waals surface area contributed by atoms with Gasteiger partial charge in [0.1, 0.15) is 0 Å². The van der Waals surface area contributed by atoms with E-state index in [1.54, 1.807) is 0 Å². The average Bonchev–Trinajstić information content (AvgIpc) is 2.29. The van der Waals surface area contributed by atoms with Gasteiger partial charge in [0.2, 0.25) is 0 Å². The summed E-state index contributed by atoms with van der Waals surface area (Å²) in [5.41, 5.74) is 16.3. The number of anilines is 1. The Hall–Kier alpha value is -1.61. The number of aryl methyl sites for hydroxylation is 1. The summed E-state index contributed by atoms with van der Waals surface area (Å²) in [6.45, 7) is 0. The van der Waals surface area contributed by atoms with Gasteiger partial charge in [0.05, 0.1) is 5.52 Å². The SMILES string of the molecule is Nc1c2c(nc3ccccc13)CCCC2N.